The minimum atomic E-state index is -3.92. The summed E-state index contributed by atoms with van der Waals surface area (Å²) < 4.78 is 26.8. The zero-order valence-corrected chi connectivity index (χ0v) is 12.8. The predicted octanol–water partition coefficient (Wildman–Crippen LogP) is 2.42. The fourth-order valence-electron chi connectivity index (χ4n) is 1.74. The molecule has 2 aromatic rings. The number of benzene rings is 1. The maximum Gasteiger partial charge on any atom is 0.265 e. The molecule has 1 heterocycles. The van der Waals surface area contributed by atoms with E-state index in [1.54, 1.807) is 19.9 Å². The molecule has 0 amide bonds. The summed E-state index contributed by atoms with van der Waals surface area (Å²) in [4.78, 5) is 7.89. The molecular formula is C13H11ClN4O2S. The van der Waals surface area contributed by atoms with E-state index in [2.05, 4.69) is 14.7 Å². The average molecular weight is 323 g/mol. The first-order chi connectivity index (χ1) is 9.81. The second-order valence-corrected chi connectivity index (χ2v) is 6.39. The third-order valence-corrected chi connectivity index (χ3v) is 4.37. The summed E-state index contributed by atoms with van der Waals surface area (Å²) >= 11 is 5.91. The van der Waals surface area contributed by atoms with Gasteiger partial charge in [-0.25, -0.2) is 23.1 Å². The van der Waals surface area contributed by atoms with Gasteiger partial charge >= 0.3 is 0 Å². The number of nitrogens with one attached hydrogen (secondary N) is 1. The molecule has 0 saturated heterocycles. The number of aryl methyl sites for hydroxylation is 2. The number of nitrogens with zero attached hydrogens (tertiary/aromatic N) is 3. The third-order valence-electron chi connectivity index (χ3n) is 2.56. The molecule has 6 nitrogen and oxygen atoms in total. The van der Waals surface area contributed by atoms with Crippen molar-refractivity contribution in [2.45, 2.75) is 18.7 Å². The van der Waals surface area contributed by atoms with E-state index in [1.807, 2.05) is 6.07 Å². The molecule has 1 aromatic carbocycles. The first kappa shape index (κ1) is 15.2. The van der Waals surface area contributed by atoms with Crippen molar-refractivity contribution in [1.82, 2.24) is 9.97 Å². The van der Waals surface area contributed by atoms with E-state index in [0.29, 0.717) is 11.4 Å². The average Bonchev–Trinajstić information content (AvgIpc) is 2.36. The van der Waals surface area contributed by atoms with Crippen LogP contribution in [0.2, 0.25) is 5.02 Å². The SMILES string of the molecule is Cc1cc(C)nc(NS(=O)(=O)c2ccc(C#N)cc2Cl)n1. The lowest BCUT2D eigenvalue weighted by Gasteiger charge is -2.09. The first-order valence-corrected chi connectivity index (χ1v) is 7.73. The Morgan fingerprint density at radius 3 is 2.33 bits per heavy atom. The molecule has 0 bridgehead atoms. The summed E-state index contributed by atoms with van der Waals surface area (Å²) in [6.45, 7) is 3.47. The predicted molar refractivity (Wildman–Crippen MR) is 78.5 cm³/mol. The number of halogens is 1. The summed E-state index contributed by atoms with van der Waals surface area (Å²) in [7, 11) is -3.92. The number of hydrogen-bond acceptors (Lipinski definition) is 5. The standard InChI is InChI=1S/C13H11ClN4O2S/c1-8-5-9(2)17-13(16-8)18-21(19,20)12-4-3-10(7-15)6-11(12)14/h3-6H,1-2H3,(H,16,17,18). The van der Waals surface area contributed by atoms with Crippen LogP contribution >= 0.6 is 11.6 Å². The summed E-state index contributed by atoms with van der Waals surface area (Å²) in [5.74, 6) is -0.0204. The molecule has 0 aliphatic rings. The number of nitriles is 1. The summed E-state index contributed by atoms with van der Waals surface area (Å²) in [5, 5.41) is 8.72. The van der Waals surface area contributed by atoms with Gasteiger partial charge in [0, 0.05) is 11.4 Å². The van der Waals surface area contributed by atoms with Crippen LogP contribution in [0.25, 0.3) is 0 Å². The minimum Gasteiger partial charge on any atom is -0.247 e. The van der Waals surface area contributed by atoms with Gasteiger partial charge in [0.1, 0.15) is 4.90 Å². The molecule has 0 aliphatic heterocycles. The van der Waals surface area contributed by atoms with E-state index >= 15 is 0 Å². The molecule has 0 saturated carbocycles. The Labute approximate surface area is 127 Å². The lowest BCUT2D eigenvalue weighted by molar-refractivity contribution is 0.601. The molecule has 0 radical (unpaired) electrons. The number of aromatic nitrogens is 2. The van der Waals surface area contributed by atoms with Crippen LogP contribution in [0, 0.1) is 25.2 Å². The molecule has 0 spiro atoms. The molecule has 0 unspecified atom stereocenters. The van der Waals surface area contributed by atoms with Gasteiger partial charge in [-0.3, -0.25) is 0 Å². The van der Waals surface area contributed by atoms with E-state index in [9.17, 15) is 8.42 Å². The van der Waals surface area contributed by atoms with Gasteiger partial charge < -0.3 is 0 Å². The van der Waals surface area contributed by atoms with Crippen molar-refractivity contribution in [2.24, 2.45) is 0 Å². The quantitative estimate of drug-likeness (QED) is 0.936. The topological polar surface area (TPSA) is 95.7 Å². The highest BCUT2D eigenvalue weighted by molar-refractivity contribution is 7.92. The second kappa shape index (κ2) is 5.68. The van der Waals surface area contributed by atoms with Crippen LogP contribution in [0.1, 0.15) is 17.0 Å². The van der Waals surface area contributed by atoms with Crippen LogP contribution < -0.4 is 4.72 Å². The zero-order chi connectivity index (χ0) is 15.6. The minimum absolute atomic E-state index is 0.0204. The van der Waals surface area contributed by atoms with Gasteiger partial charge in [-0.2, -0.15) is 5.26 Å². The van der Waals surface area contributed by atoms with E-state index in [0.717, 1.165) is 0 Å². The van der Waals surface area contributed by atoms with Crippen LogP contribution in [-0.4, -0.2) is 18.4 Å². The summed E-state index contributed by atoms with van der Waals surface area (Å²) in [5.41, 5.74) is 1.57. The monoisotopic (exact) mass is 322 g/mol. The lowest BCUT2D eigenvalue weighted by Crippen LogP contribution is -2.16. The molecule has 1 N–H and O–H groups in total. The van der Waals surface area contributed by atoms with Gasteiger partial charge in [0.2, 0.25) is 5.95 Å². The van der Waals surface area contributed by atoms with E-state index in [-0.39, 0.29) is 21.4 Å². The zero-order valence-electron chi connectivity index (χ0n) is 11.3. The number of hydrogen-bond donors (Lipinski definition) is 1. The van der Waals surface area contributed by atoms with Crippen LogP contribution in [0.15, 0.2) is 29.2 Å². The normalized spacial score (nSPS) is 11.0. The van der Waals surface area contributed by atoms with Crippen molar-refractivity contribution in [3.8, 4) is 6.07 Å². The Kier molecular flexibility index (Phi) is 4.11. The molecule has 21 heavy (non-hydrogen) atoms. The molecule has 8 heteroatoms. The van der Waals surface area contributed by atoms with Gasteiger partial charge in [0.15, 0.2) is 0 Å². The molecule has 1 aromatic heterocycles. The molecule has 108 valence electrons. The van der Waals surface area contributed by atoms with Gasteiger partial charge in [-0.1, -0.05) is 11.6 Å². The van der Waals surface area contributed by atoms with Gasteiger partial charge in [0.25, 0.3) is 10.0 Å². The number of sulfonamides is 1. The van der Waals surface area contributed by atoms with Crippen molar-refractivity contribution in [1.29, 1.82) is 5.26 Å². The summed E-state index contributed by atoms with van der Waals surface area (Å²) in [6, 6.07) is 7.55. The van der Waals surface area contributed by atoms with Gasteiger partial charge in [-0.05, 0) is 38.1 Å². The summed E-state index contributed by atoms with van der Waals surface area (Å²) in [6.07, 6.45) is 0. The van der Waals surface area contributed by atoms with Crippen molar-refractivity contribution < 1.29 is 8.42 Å². The molecule has 2 rings (SSSR count). The second-order valence-electron chi connectivity index (χ2n) is 4.34. The van der Waals surface area contributed by atoms with Crippen molar-refractivity contribution in [3.63, 3.8) is 0 Å². The van der Waals surface area contributed by atoms with E-state index in [4.69, 9.17) is 16.9 Å². The Balaban J connectivity index is 2.41. The van der Waals surface area contributed by atoms with Crippen LogP contribution in [-0.2, 0) is 10.0 Å². The largest absolute Gasteiger partial charge is 0.265 e. The highest BCUT2D eigenvalue weighted by atomic mass is 35.5. The maximum absolute atomic E-state index is 12.3. The molecule has 0 aliphatic carbocycles. The first-order valence-electron chi connectivity index (χ1n) is 5.86. The van der Waals surface area contributed by atoms with Crippen LogP contribution in [0.5, 0.6) is 0 Å². The highest BCUT2D eigenvalue weighted by Crippen LogP contribution is 2.24. The van der Waals surface area contributed by atoms with E-state index < -0.39 is 10.0 Å². The Morgan fingerprint density at radius 1 is 1.19 bits per heavy atom. The highest BCUT2D eigenvalue weighted by Gasteiger charge is 2.19. The maximum atomic E-state index is 12.3. The Morgan fingerprint density at radius 2 is 1.81 bits per heavy atom. The smallest absolute Gasteiger partial charge is 0.247 e. The third kappa shape index (κ3) is 3.48. The molecular weight excluding hydrogens is 312 g/mol. The number of rotatable bonds is 3. The van der Waals surface area contributed by atoms with Gasteiger partial charge in [0.05, 0.1) is 16.7 Å². The lowest BCUT2D eigenvalue weighted by atomic mass is 10.2. The van der Waals surface area contributed by atoms with Crippen molar-refractivity contribution in [3.05, 3.63) is 46.2 Å². The van der Waals surface area contributed by atoms with Crippen molar-refractivity contribution in [2.75, 3.05) is 4.72 Å². The Hall–Kier alpha value is -2.17. The Bertz CT molecular complexity index is 823. The van der Waals surface area contributed by atoms with Gasteiger partial charge in [-0.15, -0.1) is 0 Å². The van der Waals surface area contributed by atoms with Crippen LogP contribution in [0.3, 0.4) is 0 Å². The van der Waals surface area contributed by atoms with E-state index in [1.165, 1.54) is 18.2 Å². The fourth-order valence-corrected chi connectivity index (χ4v) is 3.22. The number of anilines is 1. The van der Waals surface area contributed by atoms with Crippen molar-refractivity contribution >= 4 is 27.6 Å². The molecule has 0 atom stereocenters. The fraction of sp³-hybridized carbons (Fsp3) is 0.154. The van der Waals surface area contributed by atoms with Crippen LogP contribution in [0.4, 0.5) is 5.95 Å². The molecule has 0 fully saturated rings.